The van der Waals surface area contributed by atoms with Gasteiger partial charge in [0, 0.05) is 5.56 Å². The molecule has 8 heteroatoms. The van der Waals surface area contributed by atoms with Gasteiger partial charge in [-0.2, -0.15) is 4.98 Å². The highest BCUT2D eigenvalue weighted by Gasteiger charge is 2.10. The Kier molecular flexibility index (Phi) is 4.50. The number of anilines is 1. The Morgan fingerprint density at radius 3 is 2.62 bits per heavy atom. The molecule has 0 aliphatic rings. The first kappa shape index (κ1) is 14.5. The lowest BCUT2D eigenvalue weighted by molar-refractivity contribution is -0.115. The highest BCUT2D eigenvalue weighted by Crippen LogP contribution is 2.04. The van der Waals surface area contributed by atoms with Crippen molar-refractivity contribution in [2.24, 2.45) is 0 Å². The number of rotatable bonds is 5. The SMILES string of the molecule is COc1n[nH]c(NC(=O)CNC(=O)c2ccc(C)cc2)n1. The van der Waals surface area contributed by atoms with E-state index in [0.717, 1.165) is 5.56 Å². The van der Waals surface area contributed by atoms with Crippen molar-refractivity contribution in [2.45, 2.75) is 6.92 Å². The second-order valence-corrected chi connectivity index (χ2v) is 4.27. The molecule has 1 aromatic carbocycles. The number of hydrogen-bond donors (Lipinski definition) is 3. The molecule has 2 rings (SSSR count). The molecule has 0 saturated heterocycles. The number of amides is 2. The zero-order chi connectivity index (χ0) is 15.2. The molecule has 0 unspecified atom stereocenters. The van der Waals surface area contributed by atoms with E-state index in [4.69, 9.17) is 4.74 Å². The summed E-state index contributed by atoms with van der Waals surface area (Å²) >= 11 is 0. The molecule has 0 atom stereocenters. The Morgan fingerprint density at radius 1 is 1.29 bits per heavy atom. The summed E-state index contributed by atoms with van der Waals surface area (Å²) in [5.74, 6) is -0.587. The summed E-state index contributed by atoms with van der Waals surface area (Å²) in [6, 6.07) is 7.17. The van der Waals surface area contributed by atoms with Gasteiger partial charge in [0.1, 0.15) is 0 Å². The van der Waals surface area contributed by atoms with E-state index in [-0.39, 0.29) is 24.4 Å². The van der Waals surface area contributed by atoms with Gasteiger partial charge in [0.15, 0.2) is 0 Å². The minimum absolute atomic E-state index is 0.119. The number of hydrogen-bond acceptors (Lipinski definition) is 5. The Hall–Kier alpha value is -2.90. The summed E-state index contributed by atoms with van der Waals surface area (Å²) < 4.78 is 4.77. The van der Waals surface area contributed by atoms with Gasteiger partial charge in [-0.25, -0.2) is 5.10 Å². The zero-order valence-electron chi connectivity index (χ0n) is 11.6. The summed E-state index contributed by atoms with van der Waals surface area (Å²) in [7, 11) is 1.41. The Morgan fingerprint density at radius 2 is 2.00 bits per heavy atom. The number of aryl methyl sites for hydroxylation is 1. The van der Waals surface area contributed by atoms with Crippen LogP contribution in [0.5, 0.6) is 6.01 Å². The first-order valence-corrected chi connectivity index (χ1v) is 6.19. The summed E-state index contributed by atoms with van der Waals surface area (Å²) in [4.78, 5) is 27.3. The van der Waals surface area contributed by atoms with Gasteiger partial charge in [0.05, 0.1) is 13.7 Å². The smallest absolute Gasteiger partial charge is 0.336 e. The van der Waals surface area contributed by atoms with Crippen LogP contribution in [0.1, 0.15) is 15.9 Å². The normalized spacial score (nSPS) is 10.0. The standard InChI is InChI=1S/C13H15N5O3/c1-8-3-5-9(6-4-8)11(20)14-7-10(19)15-12-16-13(21-2)18-17-12/h3-6H,7H2,1-2H3,(H,14,20)(H2,15,16,17,18,19). The van der Waals surface area contributed by atoms with E-state index in [2.05, 4.69) is 25.8 Å². The van der Waals surface area contributed by atoms with Crippen LogP contribution in [0.25, 0.3) is 0 Å². The van der Waals surface area contributed by atoms with E-state index in [1.54, 1.807) is 12.1 Å². The fraction of sp³-hybridized carbons (Fsp3) is 0.231. The van der Waals surface area contributed by atoms with Gasteiger partial charge < -0.3 is 10.1 Å². The number of nitrogens with zero attached hydrogens (tertiary/aromatic N) is 2. The van der Waals surface area contributed by atoms with Gasteiger partial charge in [-0.1, -0.05) is 17.7 Å². The summed E-state index contributed by atoms with van der Waals surface area (Å²) in [6.45, 7) is 1.76. The number of aromatic amines is 1. The van der Waals surface area contributed by atoms with Crippen LogP contribution < -0.4 is 15.4 Å². The van der Waals surface area contributed by atoms with Crippen LogP contribution in [0, 0.1) is 6.92 Å². The number of ether oxygens (including phenoxy) is 1. The van der Waals surface area contributed by atoms with Crippen molar-refractivity contribution in [2.75, 3.05) is 19.0 Å². The lowest BCUT2D eigenvalue weighted by atomic mass is 10.1. The van der Waals surface area contributed by atoms with Crippen LogP contribution >= 0.6 is 0 Å². The first-order valence-electron chi connectivity index (χ1n) is 6.19. The van der Waals surface area contributed by atoms with E-state index in [1.807, 2.05) is 19.1 Å². The van der Waals surface area contributed by atoms with Gasteiger partial charge >= 0.3 is 6.01 Å². The third kappa shape index (κ3) is 4.03. The van der Waals surface area contributed by atoms with Crippen molar-refractivity contribution >= 4 is 17.8 Å². The van der Waals surface area contributed by atoms with Crippen LogP contribution in [0.4, 0.5) is 5.95 Å². The van der Waals surface area contributed by atoms with E-state index >= 15 is 0 Å². The number of nitrogens with one attached hydrogen (secondary N) is 3. The molecule has 0 radical (unpaired) electrons. The van der Waals surface area contributed by atoms with Crippen LogP contribution in [0.15, 0.2) is 24.3 Å². The molecule has 1 aromatic heterocycles. The van der Waals surface area contributed by atoms with Gasteiger partial charge in [-0.3, -0.25) is 14.9 Å². The van der Waals surface area contributed by atoms with Crippen molar-refractivity contribution in [1.82, 2.24) is 20.5 Å². The van der Waals surface area contributed by atoms with Crippen LogP contribution in [-0.4, -0.2) is 40.7 Å². The Labute approximate surface area is 120 Å². The number of H-pyrrole nitrogens is 1. The second-order valence-electron chi connectivity index (χ2n) is 4.27. The van der Waals surface area contributed by atoms with Crippen molar-refractivity contribution < 1.29 is 14.3 Å². The quantitative estimate of drug-likeness (QED) is 0.742. The molecule has 2 aromatic rings. The van der Waals surface area contributed by atoms with Crippen molar-refractivity contribution in [3.8, 4) is 6.01 Å². The van der Waals surface area contributed by atoms with Gasteiger partial charge in [0.25, 0.3) is 5.91 Å². The summed E-state index contributed by atoms with van der Waals surface area (Å²) in [5, 5.41) is 11.1. The maximum absolute atomic E-state index is 11.8. The number of methoxy groups -OCH3 is 1. The molecule has 0 aliphatic heterocycles. The predicted octanol–water partition coefficient (Wildman–Crippen LogP) is 0.490. The fourth-order valence-corrected chi connectivity index (χ4v) is 1.54. The van der Waals surface area contributed by atoms with Gasteiger partial charge in [-0.05, 0) is 19.1 Å². The topological polar surface area (TPSA) is 109 Å². The molecular weight excluding hydrogens is 274 g/mol. The molecule has 1 heterocycles. The lowest BCUT2D eigenvalue weighted by Gasteiger charge is -2.05. The molecule has 3 N–H and O–H groups in total. The maximum Gasteiger partial charge on any atom is 0.336 e. The average molecular weight is 289 g/mol. The molecule has 21 heavy (non-hydrogen) atoms. The average Bonchev–Trinajstić information content (AvgIpc) is 2.93. The molecular formula is C13H15N5O3. The first-order chi connectivity index (χ1) is 10.1. The van der Waals surface area contributed by atoms with Gasteiger partial charge in [-0.15, -0.1) is 5.10 Å². The van der Waals surface area contributed by atoms with E-state index in [9.17, 15) is 9.59 Å². The lowest BCUT2D eigenvalue weighted by Crippen LogP contribution is -2.33. The molecule has 8 nitrogen and oxygen atoms in total. The largest absolute Gasteiger partial charge is 0.466 e. The molecule has 0 aliphatic carbocycles. The number of aromatic nitrogens is 3. The van der Waals surface area contributed by atoms with E-state index in [0.29, 0.717) is 5.56 Å². The Bertz CT molecular complexity index is 636. The molecule has 2 amide bonds. The van der Waals surface area contributed by atoms with Crippen LogP contribution in [0.3, 0.4) is 0 Å². The third-order valence-electron chi connectivity index (χ3n) is 2.63. The Balaban J connectivity index is 1.83. The minimum atomic E-state index is -0.422. The highest BCUT2D eigenvalue weighted by molar-refractivity contribution is 5.98. The highest BCUT2D eigenvalue weighted by atomic mass is 16.5. The summed E-state index contributed by atoms with van der Waals surface area (Å²) in [6.07, 6.45) is 0. The van der Waals surface area contributed by atoms with Gasteiger partial charge in [0.2, 0.25) is 11.9 Å². The fourth-order valence-electron chi connectivity index (χ4n) is 1.54. The number of carbonyl (C=O) groups excluding carboxylic acids is 2. The van der Waals surface area contributed by atoms with Crippen LogP contribution in [0.2, 0.25) is 0 Å². The van der Waals surface area contributed by atoms with Crippen molar-refractivity contribution in [3.63, 3.8) is 0 Å². The van der Waals surface area contributed by atoms with E-state index < -0.39 is 5.91 Å². The van der Waals surface area contributed by atoms with E-state index in [1.165, 1.54) is 7.11 Å². The maximum atomic E-state index is 11.8. The molecule has 0 fully saturated rings. The summed E-state index contributed by atoms with van der Waals surface area (Å²) in [5.41, 5.74) is 1.55. The van der Waals surface area contributed by atoms with Crippen LogP contribution in [-0.2, 0) is 4.79 Å². The van der Waals surface area contributed by atoms with Crippen molar-refractivity contribution in [3.05, 3.63) is 35.4 Å². The monoisotopic (exact) mass is 289 g/mol. The predicted molar refractivity (Wildman–Crippen MR) is 75.1 cm³/mol. The molecule has 0 spiro atoms. The third-order valence-corrected chi connectivity index (χ3v) is 2.63. The molecule has 0 bridgehead atoms. The second kappa shape index (κ2) is 6.51. The minimum Gasteiger partial charge on any atom is -0.466 e. The number of carbonyl (C=O) groups is 2. The van der Waals surface area contributed by atoms with Crippen molar-refractivity contribution in [1.29, 1.82) is 0 Å². The number of benzene rings is 1. The molecule has 110 valence electrons. The molecule has 0 saturated carbocycles. The zero-order valence-corrected chi connectivity index (χ0v) is 11.6.